The Kier molecular flexibility index (Phi) is 4.88. The normalized spacial score (nSPS) is 21.1. The maximum Gasteiger partial charge on any atom is 0.244 e. The lowest BCUT2D eigenvalue weighted by atomic mass is 10.1. The molecule has 1 aromatic heterocycles. The highest BCUT2D eigenvalue weighted by Crippen LogP contribution is 2.22. The zero-order valence-corrected chi connectivity index (χ0v) is 11.0. The van der Waals surface area contributed by atoms with E-state index in [-0.39, 0.29) is 23.2 Å². The van der Waals surface area contributed by atoms with Gasteiger partial charge in [-0.25, -0.2) is 8.42 Å². The Morgan fingerprint density at radius 1 is 1.53 bits per heavy atom. The van der Waals surface area contributed by atoms with Crippen molar-refractivity contribution in [3.8, 4) is 0 Å². The van der Waals surface area contributed by atoms with E-state index in [1.54, 1.807) is 18.3 Å². The Hall–Kier alpha value is -0.690. The molecule has 1 unspecified atom stereocenters. The zero-order chi connectivity index (χ0) is 11.6. The third kappa shape index (κ3) is 2.95. The first-order valence-corrected chi connectivity index (χ1v) is 6.69. The molecule has 1 aromatic rings. The van der Waals surface area contributed by atoms with Gasteiger partial charge in [0.25, 0.3) is 0 Å². The average molecular weight is 278 g/mol. The van der Waals surface area contributed by atoms with E-state index in [4.69, 9.17) is 5.73 Å². The first kappa shape index (κ1) is 14.4. The van der Waals surface area contributed by atoms with Crippen molar-refractivity contribution in [1.29, 1.82) is 0 Å². The number of aromatic nitrogens is 1. The van der Waals surface area contributed by atoms with Gasteiger partial charge in [-0.3, -0.25) is 4.98 Å². The van der Waals surface area contributed by atoms with Gasteiger partial charge >= 0.3 is 0 Å². The molecule has 96 valence electrons. The van der Waals surface area contributed by atoms with Gasteiger partial charge in [0.05, 0.1) is 0 Å². The van der Waals surface area contributed by atoms with Crippen molar-refractivity contribution < 1.29 is 8.42 Å². The van der Waals surface area contributed by atoms with Gasteiger partial charge in [-0.1, -0.05) is 0 Å². The fourth-order valence-corrected chi connectivity index (χ4v) is 3.35. The summed E-state index contributed by atoms with van der Waals surface area (Å²) in [5, 5.41) is 0. The third-order valence-electron chi connectivity index (χ3n) is 2.85. The molecule has 1 fully saturated rings. The van der Waals surface area contributed by atoms with Gasteiger partial charge in [-0.2, -0.15) is 4.31 Å². The van der Waals surface area contributed by atoms with Crippen LogP contribution in [0.3, 0.4) is 0 Å². The summed E-state index contributed by atoms with van der Waals surface area (Å²) in [4.78, 5) is 4.09. The largest absolute Gasteiger partial charge is 0.330 e. The molecule has 0 aliphatic carbocycles. The number of sulfonamides is 1. The molecule has 2 N–H and O–H groups in total. The topological polar surface area (TPSA) is 76.3 Å². The van der Waals surface area contributed by atoms with Crippen LogP contribution in [0.1, 0.15) is 6.42 Å². The molecule has 1 aliphatic heterocycles. The zero-order valence-electron chi connectivity index (χ0n) is 9.32. The molecule has 0 saturated carbocycles. The highest BCUT2D eigenvalue weighted by Gasteiger charge is 2.31. The quantitative estimate of drug-likeness (QED) is 0.871. The molecule has 0 spiro atoms. The van der Waals surface area contributed by atoms with Crippen LogP contribution in [-0.4, -0.2) is 37.3 Å². The molecule has 7 heteroatoms. The lowest BCUT2D eigenvalue weighted by Gasteiger charge is -2.15. The van der Waals surface area contributed by atoms with Crippen LogP contribution in [0.25, 0.3) is 0 Å². The van der Waals surface area contributed by atoms with Gasteiger partial charge in [-0.05, 0) is 31.0 Å². The number of pyridine rings is 1. The molecule has 0 radical (unpaired) electrons. The van der Waals surface area contributed by atoms with E-state index in [1.807, 2.05) is 0 Å². The molecule has 2 heterocycles. The van der Waals surface area contributed by atoms with E-state index in [2.05, 4.69) is 4.98 Å². The predicted octanol–water partition coefficient (Wildman–Crippen LogP) is 0.473. The average Bonchev–Trinajstić information content (AvgIpc) is 2.79. The van der Waals surface area contributed by atoms with Gasteiger partial charge in [-0.15, -0.1) is 12.4 Å². The van der Waals surface area contributed by atoms with Crippen molar-refractivity contribution in [2.45, 2.75) is 11.3 Å². The Balaban J connectivity index is 0.00000144. The van der Waals surface area contributed by atoms with E-state index >= 15 is 0 Å². The molecule has 1 atom stereocenters. The number of nitrogens with zero attached hydrogens (tertiary/aromatic N) is 2. The number of nitrogens with two attached hydrogens (primary N) is 1. The SMILES string of the molecule is Cl.NCC1CCN(S(=O)(=O)c2cccnc2)C1. The van der Waals surface area contributed by atoms with Gasteiger partial charge in [0.1, 0.15) is 4.90 Å². The van der Waals surface area contributed by atoms with Crippen LogP contribution in [0.4, 0.5) is 0 Å². The Morgan fingerprint density at radius 2 is 2.29 bits per heavy atom. The summed E-state index contributed by atoms with van der Waals surface area (Å²) in [5.74, 6) is 0.284. The maximum atomic E-state index is 12.1. The minimum atomic E-state index is -3.37. The van der Waals surface area contributed by atoms with E-state index < -0.39 is 10.0 Å². The van der Waals surface area contributed by atoms with E-state index in [1.165, 1.54) is 10.5 Å². The standard InChI is InChI=1S/C10H15N3O2S.ClH/c11-6-9-3-5-13(8-9)16(14,15)10-2-1-4-12-7-10;/h1-2,4,7,9H,3,5-6,8,11H2;1H. The molecule has 1 aliphatic rings. The first-order valence-electron chi connectivity index (χ1n) is 5.25. The molecular weight excluding hydrogens is 262 g/mol. The molecule has 0 amide bonds. The summed E-state index contributed by atoms with van der Waals surface area (Å²) in [6.45, 7) is 1.62. The van der Waals surface area contributed by atoms with E-state index in [9.17, 15) is 8.42 Å². The number of hydrogen-bond acceptors (Lipinski definition) is 4. The van der Waals surface area contributed by atoms with E-state index in [0.29, 0.717) is 19.6 Å². The van der Waals surface area contributed by atoms with Crippen LogP contribution in [0.5, 0.6) is 0 Å². The van der Waals surface area contributed by atoms with Crippen LogP contribution >= 0.6 is 12.4 Å². The van der Waals surface area contributed by atoms with Crippen molar-refractivity contribution >= 4 is 22.4 Å². The monoisotopic (exact) mass is 277 g/mol. The van der Waals surface area contributed by atoms with Crippen LogP contribution in [0.15, 0.2) is 29.4 Å². The van der Waals surface area contributed by atoms with Crippen LogP contribution in [0, 0.1) is 5.92 Å². The van der Waals surface area contributed by atoms with Gasteiger partial charge in [0.2, 0.25) is 10.0 Å². The number of rotatable bonds is 3. The highest BCUT2D eigenvalue weighted by molar-refractivity contribution is 7.89. The highest BCUT2D eigenvalue weighted by atomic mass is 35.5. The second-order valence-corrected chi connectivity index (χ2v) is 5.88. The number of hydrogen-bond donors (Lipinski definition) is 1. The Bertz CT molecular complexity index is 452. The molecule has 1 saturated heterocycles. The van der Waals surface area contributed by atoms with Crippen LogP contribution < -0.4 is 5.73 Å². The van der Waals surface area contributed by atoms with Crippen molar-refractivity contribution in [2.24, 2.45) is 11.7 Å². The Labute approximate surface area is 107 Å². The third-order valence-corrected chi connectivity index (χ3v) is 4.70. The molecule has 0 bridgehead atoms. The minimum absolute atomic E-state index is 0. The van der Waals surface area contributed by atoms with Gasteiger partial charge in [0, 0.05) is 25.5 Å². The molecule has 0 aromatic carbocycles. The van der Waals surface area contributed by atoms with Gasteiger partial charge < -0.3 is 5.73 Å². The van der Waals surface area contributed by atoms with Crippen LogP contribution in [0.2, 0.25) is 0 Å². The lowest BCUT2D eigenvalue weighted by Crippen LogP contribution is -2.30. The molecule has 5 nitrogen and oxygen atoms in total. The smallest absolute Gasteiger partial charge is 0.244 e. The predicted molar refractivity (Wildman–Crippen MR) is 67.4 cm³/mol. The molecule has 17 heavy (non-hydrogen) atoms. The number of halogens is 1. The fraction of sp³-hybridized carbons (Fsp3) is 0.500. The van der Waals surface area contributed by atoms with E-state index in [0.717, 1.165) is 6.42 Å². The Morgan fingerprint density at radius 3 is 2.82 bits per heavy atom. The van der Waals surface area contributed by atoms with Crippen molar-refractivity contribution in [3.63, 3.8) is 0 Å². The summed E-state index contributed by atoms with van der Waals surface area (Å²) in [6.07, 6.45) is 3.78. The summed E-state index contributed by atoms with van der Waals surface area (Å²) < 4.78 is 25.8. The van der Waals surface area contributed by atoms with Crippen molar-refractivity contribution in [2.75, 3.05) is 19.6 Å². The minimum Gasteiger partial charge on any atom is -0.330 e. The van der Waals surface area contributed by atoms with Crippen LogP contribution in [-0.2, 0) is 10.0 Å². The lowest BCUT2D eigenvalue weighted by molar-refractivity contribution is 0.459. The molecular formula is C10H16ClN3O2S. The second kappa shape index (κ2) is 5.77. The van der Waals surface area contributed by atoms with Gasteiger partial charge in [0.15, 0.2) is 0 Å². The van der Waals surface area contributed by atoms with Crippen molar-refractivity contribution in [1.82, 2.24) is 9.29 Å². The summed E-state index contributed by atoms with van der Waals surface area (Å²) in [5.41, 5.74) is 5.54. The first-order chi connectivity index (χ1) is 7.64. The fourth-order valence-electron chi connectivity index (χ4n) is 1.86. The summed E-state index contributed by atoms with van der Waals surface area (Å²) in [7, 11) is -3.37. The summed E-state index contributed by atoms with van der Waals surface area (Å²) in [6, 6.07) is 3.20. The summed E-state index contributed by atoms with van der Waals surface area (Å²) >= 11 is 0. The van der Waals surface area contributed by atoms with Crippen molar-refractivity contribution in [3.05, 3.63) is 24.5 Å². The molecule has 2 rings (SSSR count). The maximum absolute atomic E-state index is 12.1. The second-order valence-electron chi connectivity index (χ2n) is 3.94.